The first kappa shape index (κ1) is 9.41. The Labute approximate surface area is 91.1 Å². The fourth-order valence-corrected chi connectivity index (χ4v) is 3.17. The fourth-order valence-electron chi connectivity index (χ4n) is 3.17. The van der Waals surface area contributed by atoms with Crippen LogP contribution in [0, 0.1) is 5.92 Å². The normalized spacial score (nSPS) is 36.9. The molecule has 0 radical (unpaired) electrons. The van der Waals surface area contributed by atoms with Crippen LogP contribution in [0.5, 0.6) is 0 Å². The van der Waals surface area contributed by atoms with Crippen molar-refractivity contribution in [1.82, 2.24) is 0 Å². The smallest absolute Gasteiger partial charge is 0.0752 e. The lowest BCUT2D eigenvalue weighted by atomic mass is 9.72. The van der Waals surface area contributed by atoms with E-state index in [-0.39, 0.29) is 5.60 Å². The van der Waals surface area contributed by atoms with Gasteiger partial charge in [-0.15, -0.1) is 0 Å². The van der Waals surface area contributed by atoms with Crippen molar-refractivity contribution in [3.8, 4) is 0 Å². The van der Waals surface area contributed by atoms with Gasteiger partial charge in [-0.1, -0.05) is 37.6 Å². The summed E-state index contributed by atoms with van der Waals surface area (Å²) in [6.45, 7) is 2.20. The van der Waals surface area contributed by atoms with E-state index in [9.17, 15) is 5.11 Å². The first-order chi connectivity index (χ1) is 7.25. The molecule has 0 heterocycles. The Bertz CT molecular complexity index is 385. The zero-order chi connectivity index (χ0) is 10.5. The summed E-state index contributed by atoms with van der Waals surface area (Å²) in [5, 5.41) is 10.5. The van der Waals surface area contributed by atoms with Gasteiger partial charge in [0.05, 0.1) is 5.60 Å². The van der Waals surface area contributed by atoms with Crippen molar-refractivity contribution in [2.45, 2.75) is 44.1 Å². The maximum atomic E-state index is 10.5. The van der Waals surface area contributed by atoms with E-state index in [0.29, 0.717) is 11.8 Å². The summed E-state index contributed by atoms with van der Waals surface area (Å²) in [7, 11) is 0. The van der Waals surface area contributed by atoms with Crippen LogP contribution in [0.1, 0.15) is 43.2 Å². The Hall–Kier alpha value is -0.820. The molecule has 1 aromatic carbocycles. The summed E-state index contributed by atoms with van der Waals surface area (Å²) < 4.78 is 0. The average molecular weight is 202 g/mol. The van der Waals surface area contributed by atoms with E-state index in [0.717, 1.165) is 12.8 Å². The summed E-state index contributed by atoms with van der Waals surface area (Å²) >= 11 is 0. The van der Waals surface area contributed by atoms with Crippen molar-refractivity contribution in [2.24, 2.45) is 5.92 Å². The Morgan fingerprint density at radius 3 is 2.93 bits per heavy atom. The third-order valence-electron chi connectivity index (χ3n) is 4.22. The summed E-state index contributed by atoms with van der Waals surface area (Å²) in [6, 6.07) is 8.55. The Kier molecular flexibility index (Phi) is 1.93. The number of rotatable bonds is 3. The predicted octanol–water partition coefficient (Wildman–Crippen LogP) is 2.88. The van der Waals surface area contributed by atoms with Gasteiger partial charge in [0.1, 0.15) is 0 Å². The van der Waals surface area contributed by atoms with Crippen LogP contribution in [-0.4, -0.2) is 10.7 Å². The first-order valence-corrected chi connectivity index (χ1v) is 6.06. The molecule has 0 amide bonds. The molecule has 1 aromatic rings. The predicted molar refractivity (Wildman–Crippen MR) is 60.9 cm³/mol. The van der Waals surface area contributed by atoms with Gasteiger partial charge in [0.25, 0.3) is 0 Å². The molecule has 15 heavy (non-hydrogen) atoms. The molecule has 0 aromatic heterocycles. The van der Waals surface area contributed by atoms with Gasteiger partial charge >= 0.3 is 0 Å². The Balaban J connectivity index is 1.78. The molecule has 0 saturated heterocycles. The van der Waals surface area contributed by atoms with Crippen LogP contribution < -0.4 is 0 Å². The zero-order valence-electron chi connectivity index (χ0n) is 9.24. The van der Waals surface area contributed by atoms with Crippen LogP contribution in [0.2, 0.25) is 0 Å². The Morgan fingerprint density at radius 1 is 1.40 bits per heavy atom. The van der Waals surface area contributed by atoms with Gasteiger partial charge < -0.3 is 5.11 Å². The van der Waals surface area contributed by atoms with Gasteiger partial charge in [-0.2, -0.15) is 0 Å². The van der Waals surface area contributed by atoms with E-state index in [1.54, 1.807) is 0 Å². The van der Waals surface area contributed by atoms with Crippen LogP contribution in [0.4, 0.5) is 0 Å². The molecule has 0 aliphatic heterocycles. The maximum Gasteiger partial charge on any atom is 0.0752 e. The first-order valence-electron chi connectivity index (χ1n) is 6.06. The van der Waals surface area contributed by atoms with Crippen molar-refractivity contribution in [3.63, 3.8) is 0 Å². The second kappa shape index (κ2) is 3.08. The van der Waals surface area contributed by atoms with E-state index < -0.39 is 0 Å². The van der Waals surface area contributed by atoms with Crippen LogP contribution in [0.25, 0.3) is 0 Å². The van der Waals surface area contributed by atoms with Crippen molar-refractivity contribution in [2.75, 3.05) is 0 Å². The average Bonchev–Trinajstić information content (AvgIpc) is 2.81. The van der Waals surface area contributed by atoms with Crippen LogP contribution in [0.15, 0.2) is 24.3 Å². The molecule has 1 fully saturated rings. The molecule has 0 bridgehead atoms. The third-order valence-corrected chi connectivity index (χ3v) is 4.22. The molecule has 3 unspecified atom stereocenters. The fraction of sp³-hybridized carbons (Fsp3) is 0.571. The molecular weight excluding hydrogens is 184 g/mol. The third kappa shape index (κ3) is 1.26. The molecule has 1 N–H and O–H groups in total. The zero-order valence-corrected chi connectivity index (χ0v) is 9.24. The van der Waals surface area contributed by atoms with Crippen LogP contribution in [0.3, 0.4) is 0 Å². The second-order valence-corrected chi connectivity index (χ2v) is 5.14. The van der Waals surface area contributed by atoms with Gasteiger partial charge in [-0.25, -0.2) is 0 Å². The summed E-state index contributed by atoms with van der Waals surface area (Å²) in [5.74, 6) is 1.01. The highest BCUT2D eigenvalue weighted by molar-refractivity contribution is 5.44. The molecule has 80 valence electrons. The number of hydrogen-bond acceptors (Lipinski definition) is 1. The Morgan fingerprint density at radius 2 is 2.20 bits per heavy atom. The van der Waals surface area contributed by atoms with Gasteiger partial charge in [0, 0.05) is 5.92 Å². The molecule has 3 rings (SSSR count). The van der Waals surface area contributed by atoms with Crippen molar-refractivity contribution in [1.29, 1.82) is 0 Å². The molecule has 3 atom stereocenters. The van der Waals surface area contributed by atoms with E-state index in [1.165, 1.54) is 24.0 Å². The van der Waals surface area contributed by atoms with E-state index in [1.807, 2.05) is 0 Å². The molecule has 1 heteroatoms. The van der Waals surface area contributed by atoms with Crippen molar-refractivity contribution < 1.29 is 5.11 Å². The summed E-state index contributed by atoms with van der Waals surface area (Å²) in [4.78, 5) is 0. The maximum absolute atomic E-state index is 10.5. The topological polar surface area (TPSA) is 20.2 Å². The number of aliphatic hydroxyl groups is 1. The van der Waals surface area contributed by atoms with Gasteiger partial charge in [-0.05, 0) is 36.3 Å². The lowest BCUT2D eigenvalue weighted by Gasteiger charge is -2.35. The standard InChI is InChI=1S/C14H18O/c1-2-5-11-9-14(11,15)13-8-10-6-3-4-7-12(10)13/h3-4,6-7,11,13,15H,2,5,8-9H2,1H3. The minimum atomic E-state index is -0.343. The van der Waals surface area contributed by atoms with E-state index in [2.05, 4.69) is 31.2 Å². The highest BCUT2D eigenvalue weighted by Crippen LogP contribution is 2.59. The minimum Gasteiger partial charge on any atom is -0.389 e. The second-order valence-electron chi connectivity index (χ2n) is 5.14. The SMILES string of the molecule is CCCC1CC1(O)C1Cc2ccccc21. The van der Waals surface area contributed by atoms with Gasteiger partial charge in [0.2, 0.25) is 0 Å². The monoisotopic (exact) mass is 202 g/mol. The molecule has 1 nitrogen and oxygen atoms in total. The number of hydrogen-bond donors (Lipinski definition) is 1. The molecule has 2 aliphatic carbocycles. The molecular formula is C14H18O. The number of fused-ring (bicyclic) bond motifs is 1. The van der Waals surface area contributed by atoms with Crippen molar-refractivity contribution in [3.05, 3.63) is 35.4 Å². The summed E-state index contributed by atoms with van der Waals surface area (Å²) in [5.41, 5.74) is 2.50. The lowest BCUT2D eigenvalue weighted by molar-refractivity contribution is 0.0882. The minimum absolute atomic E-state index is 0.343. The van der Waals surface area contributed by atoms with E-state index >= 15 is 0 Å². The van der Waals surface area contributed by atoms with E-state index in [4.69, 9.17) is 0 Å². The van der Waals surface area contributed by atoms with Gasteiger partial charge in [-0.3, -0.25) is 0 Å². The highest BCUT2D eigenvalue weighted by atomic mass is 16.3. The lowest BCUT2D eigenvalue weighted by Crippen LogP contribution is -2.32. The van der Waals surface area contributed by atoms with Crippen LogP contribution >= 0.6 is 0 Å². The molecule has 0 spiro atoms. The van der Waals surface area contributed by atoms with Crippen LogP contribution in [-0.2, 0) is 6.42 Å². The number of benzene rings is 1. The van der Waals surface area contributed by atoms with Crippen molar-refractivity contribution >= 4 is 0 Å². The molecule has 1 saturated carbocycles. The summed E-state index contributed by atoms with van der Waals surface area (Å²) in [6.07, 6.45) is 4.50. The van der Waals surface area contributed by atoms with Gasteiger partial charge in [0.15, 0.2) is 0 Å². The quantitative estimate of drug-likeness (QED) is 0.799. The largest absolute Gasteiger partial charge is 0.389 e. The molecule has 2 aliphatic rings. The highest BCUT2D eigenvalue weighted by Gasteiger charge is 2.59.